The Balaban J connectivity index is 1.78. The van der Waals surface area contributed by atoms with Gasteiger partial charge < -0.3 is 4.74 Å². The van der Waals surface area contributed by atoms with Crippen molar-refractivity contribution < 1.29 is 23.5 Å². The average molecular weight is 479 g/mol. The number of halogens is 2. The van der Waals surface area contributed by atoms with Crippen molar-refractivity contribution in [2.75, 3.05) is 12.0 Å². The molecule has 0 radical (unpaired) electrons. The topological polar surface area (TPSA) is 75.7 Å². The van der Waals surface area contributed by atoms with E-state index in [2.05, 4.69) is 5.32 Å². The number of barbiturate groups is 1. The van der Waals surface area contributed by atoms with E-state index >= 15 is 0 Å². The SMILES string of the molecule is COc1ccc(/C=C2\C(=O)NC(=O)N(c3cccc(Cl)c3C)C2=O)c(Cc2cccc(F)c2)c1. The minimum atomic E-state index is -0.854. The molecule has 0 saturated carbocycles. The fourth-order valence-corrected chi connectivity index (χ4v) is 3.91. The number of nitrogens with one attached hydrogen (secondary N) is 1. The van der Waals surface area contributed by atoms with Crippen LogP contribution in [0.2, 0.25) is 5.02 Å². The molecule has 1 aliphatic rings. The molecule has 4 rings (SSSR count). The third kappa shape index (κ3) is 4.56. The molecule has 8 heteroatoms. The number of carbonyl (C=O) groups excluding carboxylic acids is 3. The molecule has 1 heterocycles. The number of amides is 4. The molecule has 3 aromatic carbocycles. The Hall–Kier alpha value is -3.97. The smallest absolute Gasteiger partial charge is 0.335 e. The zero-order valence-electron chi connectivity index (χ0n) is 18.4. The Morgan fingerprint density at radius 1 is 1.06 bits per heavy atom. The summed E-state index contributed by atoms with van der Waals surface area (Å²) in [5.74, 6) is -1.38. The zero-order valence-corrected chi connectivity index (χ0v) is 19.2. The van der Waals surface area contributed by atoms with Crippen molar-refractivity contribution in [3.8, 4) is 5.75 Å². The van der Waals surface area contributed by atoms with Gasteiger partial charge in [0.25, 0.3) is 11.8 Å². The average Bonchev–Trinajstić information content (AvgIpc) is 2.80. The van der Waals surface area contributed by atoms with Crippen LogP contribution >= 0.6 is 11.6 Å². The van der Waals surface area contributed by atoms with Crippen molar-refractivity contribution in [1.82, 2.24) is 5.32 Å². The summed E-state index contributed by atoms with van der Waals surface area (Å²) in [6, 6.07) is 15.3. The zero-order chi connectivity index (χ0) is 24.4. The van der Waals surface area contributed by atoms with Crippen LogP contribution in [0.1, 0.15) is 22.3 Å². The van der Waals surface area contributed by atoms with Crippen molar-refractivity contribution in [3.05, 3.63) is 99.3 Å². The predicted molar refractivity (Wildman–Crippen MR) is 127 cm³/mol. The van der Waals surface area contributed by atoms with E-state index in [4.69, 9.17) is 16.3 Å². The van der Waals surface area contributed by atoms with Gasteiger partial charge in [-0.25, -0.2) is 14.1 Å². The van der Waals surface area contributed by atoms with Gasteiger partial charge in [0.15, 0.2) is 0 Å². The number of anilines is 1. The van der Waals surface area contributed by atoms with E-state index in [0.29, 0.717) is 39.4 Å². The molecule has 1 N–H and O–H groups in total. The van der Waals surface area contributed by atoms with E-state index in [1.54, 1.807) is 55.5 Å². The minimum Gasteiger partial charge on any atom is -0.497 e. The Morgan fingerprint density at radius 2 is 1.82 bits per heavy atom. The quantitative estimate of drug-likeness (QED) is 0.411. The van der Waals surface area contributed by atoms with Gasteiger partial charge in [0.1, 0.15) is 17.1 Å². The number of carbonyl (C=O) groups is 3. The predicted octanol–water partition coefficient (Wildman–Crippen LogP) is 5.05. The van der Waals surface area contributed by atoms with Crippen LogP contribution < -0.4 is 15.0 Å². The van der Waals surface area contributed by atoms with E-state index in [9.17, 15) is 18.8 Å². The first-order valence-electron chi connectivity index (χ1n) is 10.4. The number of benzene rings is 3. The fraction of sp³-hybridized carbons (Fsp3) is 0.115. The number of hydrogen-bond donors (Lipinski definition) is 1. The van der Waals surface area contributed by atoms with Gasteiger partial charge in [-0.1, -0.05) is 35.9 Å². The van der Waals surface area contributed by atoms with Crippen LogP contribution in [0.4, 0.5) is 14.9 Å². The summed E-state index contributed by atoms with van der Waals surface area (Å²) in [6.45, 7) is 1.68. The van der Waals surface area contributed by atoms with E-state index in [1.807, 2.05) is 0 Å². The number of ether oxygens (including phenoxy) is 1. The first kappa shape index (κ1) is 23.2. The number of rotatable bonds is 5. The molecule has 1 aliphatic heterocycles. The third-order valence-corrected chi connectivity index (χ3v) is 5.92. The molecule has 6 nitrogen and oxygen atoms in total. The van der Waals surface area contributed by atoms with Gasteiger partial charge in [0.2, 0.25) is 0 Å². The normalized spacial score (nSPS) is 15.0. The summed E-state index contributed by atoms with van der Waals surface area (Å²) in [7, 11) is 1.52. The maximum atomic E-state index is 13.7. The molecule has 0 atom stereocenters. The molecule has 0 aliphatic carbocycles. The molecule has 0 unspecified atom stereocenters. The van der Waals surface area contributed by atoms with Crippen LogP contribution in [-0.4, -0.2) is 25.0 Å². The van der Waals surface area contributed by atoms with Crippen molar-refractivity contribution in [3.63, 3.8) is 0 Å². The van der Waals surface area contributed by atoms with Crippen molar-refractivity contribution in [1.29, 1.82) is 0 Å². The number of methoxy groups -OCH3 is 1. The van der Waals surface area contributed by atoms with Gasteiger partial charge in [0, 0.05) is 5.02 Å². The summed E-state index contributed by atoms with van der Waals surface area (Å²) in [5, 5.41) is 2.60. The van der Waals surface area contributed by atoms with Crippen LogP contribution in [0, 0.1) is 12.7 Å². The maximum Gasteiger partial charge on any atom is 0.335 e. The first-order chi connectivity index (χ1) is 16.3. The molecule has 172 valence electrons. The van der Waals surface area contributed by atoms with Crippen LogP contribution in [0.3, 0.4) is 0 Å². The molecule has 1 saturated heterocycles. The van der Waals surface area contributed by atoms with Gasteiger partial charge >= 0.3 is 6.03 Å². The summed E-state index contributed by atoms with van der Waals surface area (Å²) >= 11 is 6.17. The molecule has 1 fully saturated rings. The van der Waals surface area contributed by atoms with E-state index < -0.39 is 17.8 Å². The molecule has 0 bridgehead atoms. The summed E-state index contributed by atoms with van der Waals surface area (Å²) in [4.78, 5) is 39.4. The van der Waals surface area contributed by atoms with Crippen LogP contribution in [-0.2, 0) is 16.0 Å². The molecule has 0 spiro atoms. The van der Waals surface area contributed by atoms with Gasteiger partial charge in [-0.3, -0.25) is 14.9 Å². The highest BCUT2D eigenvalue weighted by atomic mass is 35.5. The Morgan fingerprint density at radius 3 is 2.56 bits per heavy atom. The number of hydrogen-bond acceptors (Lipinski definition) is 4. The highest BCUT2D eigenvalue weighted by Crippen LogP contribution is 2.30. The molecule has 3 aromatic rings. The highest BCUT2D eigenvalue weighted by Gasteiger charge is 2.37. The van der Waals surface area contributed by atoms with E-state index in [-0.39, 0.29) is 17.1 Å². The first-order valence-corrected chi connectivity index (χ1v) is 10.7. The largest absolute Gasteiger partial charge is 0.497 e. The molecular weight excluding hydrogens is 459 g/mol. The van der Waals surface area contributed by atoms with Crippen molar-refractivity contribution >= 4 is 41.2 Å². The lowest BCUT2D eigenvalue weighted by atomic mass is 9.96. The standard InChI is InChI=1S/C26H20ClFN2O4/c1-15-22(27)7-4-8-23(15)30-25(32)21(24(31)29-26(30)33)14-17-9-10-20(34-2)13-18(17)11-16-5-3-6-19(28)12-16/h3-10,12-14H,11H2,1-2H3,(H,29,31,33)/b21-14+. The maximum absolute atomic E-state index is 13.7. The van der Waals surface area contributed by atoms with Crippen molar-refractivity contribution in [2.45, 2.75) is 13.3 Å². The molecular formula is C26H20ClFN2O4. The Bertz CT molecular complexity index is 1350. The van der Waals surface area contributed by atoms with Gasteiger partial charge in [-0.15, -0.1) is 0 Å². The van der Waals surface area contributed by atoms with E-state index in [1.165, 1.54) is 25.3 Å². The second kappa shape index (κ2) is 9.49. The van der Waals surface area contributed by atoms with Gasteiger partial charge in [-0.2, -0.15) is 0 Å². The summed E-state index contributed by atoms with van der Waals surface area (Å²) in [5.41, 5.74) is 2.56. The second-order valence-corrected chi connectivity index (χ2v) is 8.12. The summed E-state index contributed by atoms with van der Waals surface area (Å²) < 4.78 is 19.0. The van der Waals surface area contributed by atoms with Crippen molar-refractivity contribution in [2.24, 2.45) is 0 Å². The number of imide groups is 2. The van der Waals surface area contributed by atoms with Gasteiger partial charge in [0.05, 0.1) is 12.8 Å². The van der Waals surface area contributed by atoms with E-state index in [0.717, 1.165) is 4.90 Å². The number of urea groups is 1. The van der Waals surface area contributed by atoms with Crippen LogP contribution in [0.5, 0.6) is 5.75 Å². The minimum absolute atomic E-state index is 0.218. The lowest BCUT2D eigenvalue weighted by molar-refractivity contribution is -0.122. The lowest BCUT2D eigenvalue weighted by Gasteiger charge is -2.28. The highest BCUT2D eigenvalue weighted by molar-refractivity contribution is 6.40. The monoisotopic (exact) mass is 478 g/mol. The Labute approximate surface area is 200 Å². The fourth-order valence-electron chi connectivity index (χ4n) is 3.74. The molecule has 4 amide bonds. The third-order valence-electron chi connectivity index (χ3n) is 5.52. The summed E-state index contributed by atoms with van der Waals surface area (Å²) in [6.07, 6.45) is 1.75. The number of nitrogens with zero attached hydrogens (tertiary/aromatic N) is 1. The van der Waals surface area contributed by atoms with Crippen LogP contribution in [0.25, 0.3) is 6.08 Å². The molecule has 0 aromatic heterocycles. The molecule has 34 heavy (non-hydrogen) atoms. The Kier molecular flexibility index (Phi) is 6.47. The van der Waals surface area contributed by atoms with Gasteiger partial charge in [-0.05, 0) is 78.1 Å². The lowest BCUT2D eigenvalue weighted by Crippen LogP contribution is -2.54. The second-order valence-electron chi connectivity index (χ2n) is 7.71. The van der Waals surface area contributed by atoms with Crippen LogP contribution in [0.15, 0.2) is 66.2 Å².